The molecule has 1 saturated heterocycles. The fourth-order valence-corrected chi connectivity index (χ4v) is 3.39. The van der Waals surface area contributed by atoms with Gasteiger partial charge < -0.3 is 14.8 Å². The van der Waals surface area contributed by atoms with Crippen molar-refractivity contribution in [3.05, 3.63) is 0 Å². The second kappa shape index (κ2) is 6.17. The number of ether oxygens (including phenoxy) is 2. The number of methoxy groups -OCH3 is 1. The smallest absolute Gasteiger partial charge is 0.0687 e. The summed E-state index contributed by atoms with van der Waals surface area (Å²) in [5, 5.41) is 3.31. The molecule has 0 bridgehead atoms. The molecule has 0 aromatic rings. The number of hydrogen-bond acceptors (Lipinski definition) is 3. The molecular formula is C14H27NO2. The molecule has 2 fully saturated rings. The van der Waals surface area contributed by atoms with E-state index < -0.39 is 0 Å². The van der Waals surface area contributed by atoms with Gasteiger partial charge >= 0.3 is 0 Å². The topological polar surface area (TPSA) is 30.5 Å². The largest absolute Gasteiger partial charge is 0.383 e. The van der Waals surface area contributed by atoms with E-state index in [2.05, 4.69) is 5.32 Å². The van der Waals surface area contributed by atoms with Gasteiger partial charge in [-0.15, -0.1) is 0 Å². The summed E-state index contributed by atoms with van der Waals surface area (Å²) in [4.78, 5) is 0. The Kier molecular flexibility index (Phi) is 4.83. The lowest BCUT2D eigenvalue weighted by Crippen LogP contribution is -2.31. The van der Waals surface area contributed by atoms with Crippen molar-refractivity contribution in [2.75, 3.05) is 20.8 Å². The van der Waals surface area contributed by atoms with Crippen molar-refractivity contribution < 1.29 is 9.47 Å². The first kappa shape index (κ1) is 13.3. The van der Waals surface area contributed by atoms with E-state index in [9.17, 15) is 0 Å². The summed E-state index contributed by atoms with van der Waals surface area (Å²) >= 11 is 0. The first-order valence-electron chi connectivity index (χ1n) is 7.12. The summed E-state index contributed by atoms with van der Waals surface area (Å²) in [5.41, 5.74) is 0.293. The summed E-state index contributed by atoms with van der Waals surface area (Å²) in [6.45, 7) is 0.800. The molecule has 17 heavy (non-hydrogen) atoms. The fourth-order valence-electron chi connectivity index (χ4n) is 3.39. The van der Waals surface area contributed by atoms with Crippen LogP contribution in [0, 0.1) is 0 Å². The summed E-state index contributed by atoms with van der Waals surface area (Å²) < 4.78 is 11.5. The van der Waals surface area contributed by atoms with Gasteiger partial charge in [-0.25, -0.2) is 0 Å². The predicted octanol–water partition coefficient (Wildman–Crippen LogP) is 2.49. The lowest BCUT2D eigenvalue weighted by molar-refractivity contribution is -0.0406. The Bertz CT molecular complexity index is 226. The van der Waals surface area contributed by atoms with E-state index in [1.54, 1.807) is 7.11 Å². The number of rotatable bonds is 6. The maximum Gasteiger partial charge on any atom is 0.0687 e. The quantitative estimate of drug-likeness (QED) is 0.775. The average Bonchev–Trinajstić information content (AvgIpc) is 2.96. The molecule has 3 nitrogen and oxygen atoms in total. The Morgan fingerprint density at radius 1 is 1.35 bits per heavy atom. The van der Waals surface area contributed by atoms with Gasteiger partial charge in [0.15, 0.2) is 0 Å². The number of nitrogens with one attached hydrogen (secondary N) is 1. The minimum atomic E-state index is 0.293. The lowest BCUT2D eigenvalue weighted by Gasteiger charge is -2.24. The molecule has 1 aliphatic carbocycles. The van der Waals surface area contributed by atoms with Crippen LogP contribution in [0.3, 0.4) is 0 Å². The summed E-state index contributed by atoms with van der Waals surface area (Å²) in [7, 11) is 3.78. The molecule has 2 aliphatic rings. The predicted molar refractivity (Wildman–Crippen MR) is 69.3 cm³/mol. The maximum atomic E-state index is 6.31. The molecule has 2 atom stereocenters. The van der Waals surface area contributed by atoms with E-state index in [0.717, 1.165) is 13.0 Å². The summed E-state index contributed by atoms with van der Waals surface area (Å²) in [6.07, 6.45) is 10.7. The van der Waals surface area contributed by atoms with Crippen molar-refractivity contribution in [1.29, 1.82) is 0 Å². The zero-order chi connectivity index (χ0) is 12.1. The highest BCUT2D eigenvalue weighted by atomic mass is 16.5. The van der Waals surface area contributed by atoms with Crippen molar-refractivity contribution in [3.63, 3.8) is 0 Å². The molecule has 0 aromatic heterocycles. The van der Waals surface area contributed by atoms with E-state index in [0.29, 0.717) is 17.7 Å². The first-order chi connectivity index (χ1) is 8.28. The van der Waals surface area contributed by atoms with E-state index in [4.69, 9.17) is 9.47 Å². The molecule has 1 N–H and O–H groups in total. The molecule has 0 radical (unpaired) electrons. The van der Waals surface area contributed by atoms with Crippen molar-refractivity contribution in [2.45, 2.75) is 69.1 Å². The number of likely N-dealkylation sites (N-methyl/N-ethyl adjacent to an activating group) is 1. The van der Waals surface area contributed by atoms with Crippen molar-refractivity contribution >= 4 is 0 Å². The van der Waals surface area contributed by atoms with Crippen LogP contribution in [0.1, 0.15) is 51.4 Å². The van der Waals surface area contributed by atoms with E-state index >= 15 is 0 Å². The van der Waals surface area contributed by atoms with Crippen LogP contribution in [0.4, 0.5) is 0 Å². The minimum absolute atomic E-state index is 0.293. The van der Waals surface area contributed by atoms with Crippen molar-refractivity contribution in [3.8, 4) is 0 Å². The highest BCUT2D eigenvalue weighted by Gasteiger charge is 2.41. The second-order valence-electron chi connectivity index (χ2n) is 5.69. The van der Waals surface area contributed by atoms with Crippen LogP contribution in [0.5, 0.6) is 0 Å². The van der Waals surface area contributed by atoms with Crippen LogP contribution in [0.15, 0.2) is 0 Å². The molecule has 2 rings (SSSR count). The zero-order valence-electron chi connectivity index (χ0n) is 11.3. The van der Waals surface area contributed by atoms with Gasteiger partial charge in [0.25, 0.3) is 0 Å². The molecule has 2 unspecified atom stereocenters. The Morgan fingerprint density at radius 2 is 2.12 bits per heavy atom. The molecule has 3 heteroatoms. The number of hydrogen-bond donors (Lipinski definition) is 1. The third-order valence-corrected chi connectivity index (χ3v) is 4.47. The van der Waals surface area contributed by atoms with Gasteiger partial charge in [-0.3, -0.25) is 0 Å². The Balaban J connectivity index is 1.70. The highest BCUT2D eigenvalue weighted by Crippen LogP contribution is 2.44. The monoisotopic (exact) mass is 241 g/mol. The minimum Gasteiger partial charge on any atom is -0.383 e. The third-order valence-electron chi connectivity index (χ3n) is 4.47. The molecule has 100 valence electrons. The summed E-state index contributed by atoms with van der Waals surface area (Å²) in [5.74, 6) is 0. The lowest BCUT2D eigenvalue weighted by atomic mass is 9.97. The van der Waals surface area contributed by atoms with E-state index in [-0.39, 0.29) is 0 Å². The molecular weight excluding hydrogens is 214 g/mol. The van der Waals surface area contributed by atoms with Gasteiger partial charge in [-0.05, 0) is 45.6 Å². The van der Waals surface area contributed by atoms with Crippen LogP contribution in [-0.4, -0.2) is 38.5 Å². The van der Waals surface area contributed by atoms with E-state index in [1.165, 1.54) is 44.9 Å². The van der Waals surface area contributed by atoms with Crippen LogP contribution < -0.4 is 5.32 Å². The molecule has 1 spiro atoms. The van der Waals surface area contributed by atoms with Gasteiger partial charge in [0, 0.05) is 13.2 Å². The van der Waals surface area contributed by atoms with Crippen LogP contribution in [0.25, 0.3) is 0 Å². The van der Waals surface area contributed by atoms with Gasteiger partial charge in [-0.1, -0.05) is 12.8 Å². The van der Waals surface area contributed by atoms with Crippen LogP contribution in [0.2, 0.25) is 0 Å². The van der Waals surface area contributed by atoms with Crippen molar-refractivity contribution in [2.24, 2.45) is 0 Å². The standard InChI is InChI=1S/C14H27NO2/c1-15-12(11-16-2)5-6-13-7-10-14(17-13)8-3-4-9-14/h12-13,15H,3-11H2,1-2H3. The van der Waals surface area contributed by atoms with Crippen molar-refractivity contribution in [1.82, 2.24) is 5.32 Å². The first-order valence-corrected chi connectivity index (χ1v) is 7.12. The zero-order valence-corrected chi connectivity index (χ0v) is 11.3. The van der Waals surface area contributed by atoms with Gasteiger partial charge in [0.05, 0.1) is 18.3 Å². The summed E-state index contributed by atoms with van der Waals surface area (Å²) in [6, 6.07) is 0.476. The van der Waals surface area contributed by atoms with Gasteiger partial charge in [0.1, 0.15) is 0 Å². The maximum absolute atomic E-state index is 6.31. The molecule has 0 aromatic carbocycles. The normalized spacial score (nSPS) is 28.9. The molecule has 1 heterocycles. The fraction of sp³-hybridized carbons (Fsp3) is 1.00. The second-order valence-corrected chi connectivity index (χ2v) is 5.69. The van der Waals surface area contributed by atoms with E-state index in [1.807, 2.05) is 7.05 Å². The third kappa shape index (κ3) is 3.43. The SMILES string of the molecule is CNC(CCC1CCC2(CCCC2)O1)COC. The van der Waals surface area contributed by atoms with Gasteiger partial charge in [0.2, 0.25) is 0 Å². The van der Waals surface area contributed by atoms with Crippen LogP contribution in [-0.2, 0) is 9.47 Å². The van der Waals surface area contributed by atoms with Crippen LogP contribution >= 0.6 is 0 Å². The highest BCUT2D eigenvalue weighted by molar-refractivity contribution is 4.92. The van der Waals surface area contributed by atoms with Gasteiger partial charge in [-0.2, -0.15) is 0 Å². The Morgan fingerprint density at radius 3 is 2.76 bits per heavy atom. The Hall–Kier alpha value is -0.120. The molecule has 1 aliphatic heterocycles. The molecule has 0 amide bonds. The molecule has 1 saturated carbocycles. The Labute approximate surface area is 105 Å². The average molecular weight is 241 g/mol.